The summed E-state index contributed by atoms with van der Waals surface area (Å²) in [5.74, 6) is -1.94. The number of amides is 1. The number of ether oxygens (including phenoxy) is 1. The maximum absolute atomic E-state index is 13.6. The van der Waals surface area contributed by atoms with Crippen molar-refractivity contribution in [1.29, 1.82) is 0 Å². The number of aromatic nitrogens is 3. The van der Waals surface area contributed by atoms with Crippen molar-refractivity contribution in [2.24, 2.45) is 0 Å². The maximum Gasteiger partial charge on any atom is 0.272 e. The lowest BCUT2D eigenvalue weighted by atomic mass is 10.1. The molecule has 2 aromatic heterocycles. The van der Waals surface area contributed by atoms with E-state index in [1.807, 2.05) is 26.0 Å². The van der Waals surface area contributed by atoms with E-state index < -0.39 is 11.6 Å². The molecular weight excluding hydrogens is 354 g/mol. The molecule has 0 saturated carbocycles. The van der Waals surface area contributed by atoms with Gasteiger partial charge in [-0.05, 0) is 43.7 Å². The molecule has 2 N–H and O–H groups in total. The van der Waals surface area contributed by atoms with Crippen LogP contribution < -0.4 is 10.1 Å². The Morgan fingerprint density at radius 1 is 1.30 bits per heavy atom. The van der Waals surface area contributed by atoms with Gasteiger partial charge in [-0.25, -0.2) is 8.78 Å². The summed E-state index contributed by atoms with van der Waals surface area (Å²) < 4.78 is 31.7. The van der Waals surface area contributed by atoms with Gasteiger partial charge in [-0.2, -0.15) is 5.10 Å². The molecule has 6 nitrogen and oxygen atoms in total. The van der Waals surface area contributed by atoms with Crippen molar-refractivity contribution < 1.29 is 18.3 Å². The molecule has 3 aromatic rings. The van der Waals surface area contributed by atoms with E-state index in [1.165, 1.54) is 12.1 Å². The minimum Gasteiger partial charge on any atom is -0.484 e. The average Bonchev–Trinajstić information content (AvgIpc) is 3.10. The van der Waals surface area contributed by atoms with Gasteiger partial charge in [-0.1, -0.05) is 6.07 Å². The van der Waals surface area contributed by atoms with Crippen molar-refractivity contribution >= 4 is 5.91 Å². The first-order valence-electron chi connectivity index (χ1n) is 8.28. The van der Waals surface area contributed by atoms with E-state index in [-0.39, 0.29) is 30.0 Å². The third-order valence-corrected chi connectivity index (χ3v) is 3.95. The molecule has 0 fully saturated rings. The van der Waals surface area contributed by atoms with Gasteiger partial charge in [-0.3, -0.25) is 14.9 Å². The van der Waals surface area contributed by atoms with Crippen LogP contribution in [0.15, 0.2) is 42.6 Å². The molecule has 8 heteroatoms. The number of nitrogens with one attached hydrogen (secondary N) is 2. The fourth-order valence-electron chi connectivity index (χ4n) is 2.59. The predicted molar refractivity (Wildman–Crippen MR) is 94.1 cm³/mol. The third-order valence-electron chi connectivity index (χ3n) is 3.95. The van der Waals surface area contributed by atoms with Gasteiger partial charge < -0.3 is 10.1 Å². The topological polar surface area (TPSA) is 79.9 Å². The van der Waals surface area contributed by atoms with Crippen molar-refractivity contribution in [2.75, 3.05) is 0 Å². The number of nitrogens with zero attached hydrogens (tertiary/aromatic N) is 2. The number of halogens is 2. The van der Waals surface area contributed by atoms with Gasteiger partial charge in [0.2, 0.25) is 0 Å². The molecule has 27 heavy (non-hydrogen) atoms. The Balaban J connectivity index is 1.61. The van der Waals surface area contributed by atoms with Gasteiger partial charge in [-0.15, -0.1) is 0 Å². The Bertz CT molecular complexity index is 958. The van der Waals surface area contributed by atoms with Crippen LogP contribution >= 0.6 is 0 Å². The number of H-pyrrole nitrogens is 1. The highest BCUT2D eigenvalue weighted by atomic mass is 19.1. The van der Waals surface area contributed by atoms with E-state index in [2.05, 4.69) is 20.5 Å². The summed E-state index contributed by atoms with van der Waals surface area (Å²) in [6.07, 6.45) is 1.67. The molecule has 3 rings (SSSR count). The summed E-state index contributed by atoms with van der Waals surface area (Å²) in [4.78, 5) is 16.6. The third kappa shape index (κ3) is 4.46. The quantitative estimate of drug-likeness (QED) is 0.694. The number of carbonyl (C=O) groups is 1. The minimum atomic E-state index is -0.799. The highest BCUT2D eigenvalue weighted by molar-refractivity contribution is 5.92. The average molecular weight is 372 g/mol. The Morgan fingerprint density at radius 2 is 2.11 bits per heavy atom. The van der Waals surface area contributed by atoms with Crippen LogP contribution in [0, 0.1) is 18.6 Å². The number of benzene rings is 1. The zero-order valence-electron chi connectivity index (χ0n) is 14.8. The van der Waals surface area contributed by atoms with Crippen LogP contribution in [0.2, 0.25) is 0 Å². The van der Waals surface area contributed by atoms with E-state index in [4.69, 9.17) is 4.74 Å². The molecule has 0 aliphatic carbocycles. The summed E-state index contributed by atoms with van der Waals surface area (Å²) in [5, 5.41) is 9.44. The minimum absolute atomic E-state index is 0.0439. The smallest absolute Gasteiger partial charge is 0.272 e. The molecule has 0 aliphatic heterocycles. The van der Waals surface area contributed by atoms with Gasteiger partial charge in [0.1, 0.15) is 18.1 Å². The number of aromatic amines is 1. The zero-order chi connectivity index (χ0) is 19.4. The van der Waals surface area contributed by atoms with Gasteiger partial charge in [0, 0.05) is 12.3 Å². The number of pyridine rings is 1. The molecule has 0 saturated heterocycles. The van der Waals surface area contributed by atoms with E-state index >= 15 is 0 Å². The molecule has 2 heterocycles. The highest BCUT2D eigenvalue weighted by Crippen LogP contribution is 2.19. The summed E-state index contributed by atoms with van der Waals surface area (Å²) >= 11 is 0. The first-order chi connectivity index (χ1) is 12.9. The Kier molecular flexibility index (Phi) is 5.44. The van der Waals surface area contributed by atoms with Crippen LogP contribution in [0.1, 0.15) is 40.4 Å². The number of aryl methyl sites for hydroxylation is 1. The normalized spacial score (nSPS) is 11.9. The zero-order valence-corrected chi connectivity index (χ0v) is 14.8. The predicted octanol–water partition coefficient (Wildman–Crippen LogP) is 3.46. The molecule has 0 radical (unpaired) electrons. The van der Waals surface area contributed by atoms with Gasteiger partial charge in [0.05, 0.1) is 17.4 Å². The van der Waals surface area contributed by atoms with Crippen molar-refractivity contribution in [3.8, 4) is 5.75 Å². The van der Waals surface area contributed by atoms with Gasteiger partial charge in [0.15, 0.2) is 11.6 Å². The van der Waals surface area contributed by atoms with Crippen LogP contribution in [0.4, 0.5) is 8.78 Å². The molecule has 0 unspecified atom stereocenters. The molecule has 0 bridgehead atoms. The van der Waals surface area contributed by atoms with Gasteiger partial charge in [0.25, 0.3) is 5.91 Å². The number of hydrogen-bond acceptors (Lipinski definition) is 4. The molecule has 1 aromatic carbocycles. The van der Waals surface area contributed by atoms with Crippen LogP contribution in [0.3, 0.4) is 0 Å². The van der Waals surface area contributed by atoms with E-state index in [0.717, 1.165) is 23.4 Å². The Hall–Kier alpha value is -3.29. The molecule has 0 aliphatic rings. The molecule has 1 atom stereocenters. The Morgan fingerprint density at radius 3 is 2.85 bits per heavy atom. The monoisotopic (exact) mass is 372 g/mol. The first kappa shape index (κ1) is 18.5. The molecule has 1 amide bonds. The number of carbonyl (C=O) groups excluding carboxylic acids is 1. The lowest BCUT2D eigenvalue weighted by Crippen LogP contribution is -2.28. The second-order valence-corrected chi connectivity index (χ2v) is 6.04. The second kappa shape index (κ2) is 7.94. The van der Waals surface area contributed by atoms with Crippen molar-refractivity contribution in [1.82, 2.24) is 20.5 Å². The largest absolute Gasteiger partial charge is 0.484 e. The van der Waals surface area contributed by atoms with Crippen molar-refractivity contribution in [3.05, 3.63) is 76.9 Å². The second-order valence-electron chi connectivity index (χ2n) is 6.04. The number of hydrogen-bond donors (Lipinski definition) is 2. The number of rotatable bonds is 6. The summed E-state index contributed by atoms with van der Waals surface area (Å²) in [5.41, 5.74) is 2.40. The standard InChI is InChI=1S/C19H18F2N4O2/c1-11-4-3-7-22-18(11)12(2)23-19(26)16-9-14(24-25-16)10-27-17-6-5-13(20)8-15(17)21/h3-9,12H,10H2,1-2H3,(H,23,26)(H,24,25)/t12-/m0/s1. The lowest BCUT2D eigenvalue weighted by molar-refractivity contribution is 0.0934. The van der Waals surface area contributed by atoms with E-state index in [9.17, 15) is 13.6 Å². The summed E-state index contributed by atoms with van der Waals surface area (Å²) in [6, 6.07) is 8.01. The van der Waals surface area contributed by atoms with Crippen LogP contribution in [0.5, 0.6) is 5.75 Å². The Labute approximate surface area is 154 Å². The van der Waals surface area contributed by atoms with Crippen molar-refractivity contribution in [3.63, 3.8) is 0 Å². The van der Waals surface area contributed by atoms with Crippen LogP contribution in [0.25, 0.3) is 0 Å². The lowest BCUT2D eigenvalue weighted by Gasteiger charge is -2.14. The van der Waals surface area contributed by atoms with E-state index in [1.54, 1.807) is 6.20 Å². The highest BCUT2D eigenvalue weighted by Gasteiger charge is 2.17. The molecule has 0 spiro atoms. The molecule has 140 valence electrons. The maximum atomic E-state index is 13.6. The first-order valence-corrected chi connectivity index (χ1v) is 8.28. The van der Waals surface area contributed by atoms with Crippen LogP contribution in [-0.2, 0) is 6.61 Å². The molecular formula is C19H18F2N4O2. The SMILES string of the molecule is Cc1cccnc1[C@H](C)NC(=O)c1cc(COc2ccc(F)cc2F)[nH]n1. The summed E-state index contributed by atoms with van der Waals surface area (Å²) in [6.45, 7) is 3.71. The van der Waals surface area contributed by atoms with Gasteiger partial charge >= 0.3 is 0 Å². The van der Waals surface area contributed by atoms with Crippen molar-refractivity contribution in [2.45, 2.75) is 26.5 Å². The summed E-state index contributed by atoms with van der Waals surface area (Å²) in [7, 11) is 0. The van der Waals surface area contributed by atoms with Crippen LogP contribution in [-0.4, -0.2) is 21.1 Å². The fourth-order valence-corrected chi connectivity index (χ4v) is 2.59. The van der Waals surface area contributed by atoms with E-state index in [0.29, 0.717) is 5.69 Å². The fraction of sp³-hybridized carbons (Fsp3) is 0.211.